The van der Waals surface area contributed by atoms with Gasteiger partial charge in [-0.3, -0.25) is 14.5 Å². The van der Waals surface area contributed by atoms with Crippen molar-refractivity contribution in [3.05, 3.63) is 50.4 Å². The highest BCUT2D eigenvalue weighted by Gasteiger charge is 2.47. The van der Waals surface area contributed by atoms with Crippen LogP contribution in [0.4, 0.5) is 5.69 Å². The van der Waals surface area contributed by atoms with Gasteiger partial charge in [0.2, 0.25) is 18.0 Å². The monoisotopic (exact) mass is 552 g/mol. The summed E-state index contributed by atoms with van der Waals surface area (Å²) in [6.07, 6.45) is -0.521. The van der Waals surface area contributed by atoms with Gasteiger partial charge in [-0.2, -0.15) is 0 Å². The van der Waals surface area contributed by atoms with Crippen LogP contribution in [0.5, 0.6) is 11.5 Å². The van der Waals surface area contributed by atoms with E-state index >= 15 is 0 Å². The van der Waals surface area contributed by atoms with E-state index in [1.54, 1.807) is 24.3 Å². The number of methoxy groups -OCH3 is 2. The number of hydrogen-bond donors (Lipinski definition) is 1. The minimum atomic E-state index is -1.01. The van der Waals surface area contributed by atoms with Crippen LogP contribution in [0.2, 0.25) is 0 Å². The van der Waals surface area contributed by atoms with Gasteiger partial charge in [-0.1, -0.05) is 15.9 Å². The molecule has 1 unspecified atom stereocenters. The summed E-state index contributed by atoms with van der Waals surface area (Å²) in [5.41, 5.74) is 1.23. The summed E-state index contributed by atoms with van der Waals surface area (Å²) in [7, 11) is 2.89. The van der Waals surface area contributed by atoms with Crippen molar-refractivity contribution in [2.75, 3.05) is 19.5 Å². The largest absolute Gasteiger partial charge is 0.493 e. The van der Waals surface area contributed by atoms with Crippen molar-refractivity contribution in [3.8, 4) is 11.5 Å². The number of likely N-dealkylation sites (tertiary alicyclic amines) is 1. The number of fused-ring (bicyclic) bond motifs is 1. The smallest absolute Gasteiger partial charge is 0.344 e. The molecule has 0 radical (unpaired) electrons. The highest BCUT2D eigenvalue weighted by Crippen LogP contribution is 2.45. The summed E-state index contributed by atoms with van der Waals surface area (Å²) in [6, 6.07) is 7.85. The zero-order valence-corrected chi connectivity index (χ0v) is 19.8. The second-order valence-corrected chi connectivity index (χ2v) is 8.76. The molecule has 162 valence electrons. The summed E-state index contributed by atoms with van der Waals surface area (Å²) < 4.78 is 17.7. The number of esters is 1. The first-order valence-electron chi connectivity index (χ1n) is 9.38. The van der Waals surface area contributed by atoms with E-state index in [-0.39, 0.29) is 29.5 Å². The number of cyclic esters (lactones) is 1. The van der Waals surface area contributed by atoms with Crippen molar-refractivity contribution in [1.82, 2.24) is 4.90 Å². The van der Waals surface area contributed by atoms with Crippen molar-refractivity contribution >= 4 is 55.3 Å². The van der Waals surface area contributed by atoms with E-state index in [0.29, 0.717) is 27.9 Å². The number of rotatable bonds is 5. The standard InChI is InChI=1S/C21H18Br2N2O6/c1-29-15-7-4-11-17(18(15)30-2)21(28)31-20(11)25-14(6-8-16(25)26)19(27)24-13-5-3-10(22)9-12(13)23/h3-5,7,9,14,20H,6,8H2,1-2H3,(H,24,27)/t14-,20?/m0/s1. The summed E-state index contributed by atoms with van der Waals surface area (Å²) in [5, 5.41) is 2.84. The van der Waals surface area contributed by atoms with Crippen LogP contribution in [-0.2, 0) is 14.3 Å². The van der Waals surface area contributed by atoms with E-state index in [0.717, 1.165) is 4.47 Å². The van der Waals surface area contributed by atoms with Gasteiger partial charge in [-0.25, -0.2) is 4.79 Å². The minimum Gasteiger partial charge on any atom is -0.493 e. The first-order chi connectivity index (χ1) is 14.8. The van der Waals surface area contributed by atoms with Crippen molar-refractivity contribution < 1.29 is 28.6 Å². The Bertz CT molecular complexity index is 1090. The molecule has 1 N–H and O–H groups in total. The first-order valence-corrected chi connectivity index (χ1v) is 11.0. The van der Waals surface area contributed by atoms with Crippen molar-refractivity contribution in [1.29, 1.82) is 0 Å². The van der Waals surface area contributed by atoms with E-state index in [1.165, 1.54) is 19.1 Å². The maximum absolute atomic E-state index is 13.1. The number of hydrogen-bond acceptors (Lipinski definition) is 6. The Morgan fingerprint density at radius 2 is 1.94 bits per heavy atom. The Balaban J connectivity index is 1.65. The summed E-state index contributed by atoms with van der Waals surface area (Å²) in [6.45, 7) is 0. The van der Waals surface area contributed by atoms with Crippen LogP contribution in [0.25, 0.3) is 0 Å². The van der Waals surface area contributed by atoms with E-state index in [1.807, 2.05) is 6.07 Å². The van der Waals surface area contributed by atoms with Crippen LogP contribution >= 0.6 is 31.9 Å². The highest BCUT2D eigenvalue weighted by atomic mass is 79.9. The van der Waals surface area contributed by atoms with E-state index in [4.69, 9.17) is 14.2 Å². The number of amides is 2. The number of nitrogens with one attached hydrogen (secondary N) is 1. The molecule has 0 saturated carbocycles. The van der Waals surface area contributed by atoms with Crippen molar-refractivity contribution in [3.63, 3.8) is 0 Å². The number of halogens is 2. The first kappa shape index (κ1) is 21.6. The molecule has 2 atom stereocenters. The summed E-state index contributed by atoms with van der Waals surface area (Å²) >= 11 is 6.79. The van der Waals surface area contributed by atoms with Gasteiger partial charge < -0.3 is 19.5 Å². The number of benzene rings is 2. The molecule has 8 nitrogen and oxygen atoms in total. The molecule has 2 amide bonds. The molecule has 2 heterocycles. The molecule has 2 aromatic carbocycles. The Morgan fingerprint density at radius 3 is 2.61 bits per heavy atom. The number of anilines is 1. The number of ether oxygens (including phenoxy) is 3. The van der Waals surface area contributed by atoms with Gasteiger partial charge in [0.15, 0.2) is 11.5 Å². The predicted octanol–water partition coefficient (Wildman–Crippen LogP) is 4.03. The molecular formula is C21H18Br2N2O6. The number of carbonyl (C=O) groups is 3. The van der Waals surface area contributed by atoms with Crippen LogP contribution in [0.15, 0.2) is 39.3 Å². The molecule has 0 bridgehead atoms. The van der Waals surface area contributed by atoms with Crippen LogP contribution in [0, 0.1) is 0 Å². The Labute approximate surface area is 195 Å². The molecule has 1 saturated heterocycles. The van der Waals surface area contributed by atoms with Gasteiger partial charge in [0.1, 0.15) is 11.6 Å². The molecule has 0 spiro atoms. The Hall–Kier alpha value is -2.59. The quantitative estimate of drug-likeness (QED) is 0.562. The number of carbonyl (C=O) groups excluding carboxylic acids is 3. The fourth-order valence-corrected chi connectivity index (χ4v) is 5.00. The lowest BCUT2D eigenvalue weighted by molar-refractivity contribution is -0.144. The zero-order valence-electron chi connectivity index (χ0n) is 16.6. The number of nitrogens with zero attached hydrogens (tertiary/aromatic N) is 1. The van der Waals surface area contributed by atoms with Gasteiger partial charge in [-0.05, 0) is 52.7 Å². The molecule has 0 aliphatic carbocycles. The fourth-order valence-electron chi connectivity index (χ4n) is 3.85. The molecule has 2 aromatic rings. The lowest BCUT2D eigenvalue weighted by Gasteiger charge is -2.29. The van der Waals surface area contributed by atoms with E-state index < -0.39 is 18.2 Å². The fraction of sp³-hybridized carbons (Fsp3) is 0.286. The zero-order chi connectivity index (χ0) is 22.3. The second-order valence-electron chi connectivity index (χ2n) is 6.99. The Morgan fingerprint density at radius 1 is 1.16 bits per heavy atom. The Kier molecular flexibility index (Phi) is 5.94. The predicted molar refractivity (Wildman–Crippen MR) is 118 cm³/mol. The topological polar surface area (TPSA) is 94.2 Å². The van der Waals surface area contributed by atoms with Crippen LogP contribution in [0.3, 0.4) is 0 Å². The van der Waals surface area contributed by atoms with Gasteiger partial charge in [0.05, 0.1) is 19.9 Å². The SMILES string of the molecule is COc1ccc2c(c1OC)C(=O)OC2N1C(=O)CC[C@H]1C(=O)Nc1ccc(Br)cc1Br. The molecule has 2 aliphatic rings. The normalized spacial score (nSPS) is 19.8. The third-order valence-corrected chi connectivity index (χ3v) is 6.42. The molecule has 0 aromatic heterocycles. The van der Waals surface area contributed by atoms with Gasteiger partial charge in [-0.15, -0.1) is 0 Å². The molecule has 10 heteroatoms. The van der Waals surface area contributed by atoms with Crippen LogP contribution in [-0.4, -0.2) is 42.9 Å². The average molecular weight is 554 g/mol. The summed E-state index contributed by atoms with van der Waals surface area (Å²) in [5.74, 6) is -0.653. The molecule has 31 heavy (non-hydrogen) atoms. The highest BCUT2D eigenvalue weighted by molar-refractivity contribution is 9.11. The van der Waals surface area contributed by atoms with Crippen molar-refractivity contribution in [2.24, 2.45) is 0 Å². The van der Waals surface area contributed by atoms with Gasteiger partial charge in [0, 0.05) is 20.9 Å². The molecule has 2 aliphatic heterocycles. The van der Waals surface area contributed by atoms with Crippen molar-refractivity contribution in [2.45, 2.75) is 25.1 Å². The lowest BCUT2D eigenvalue weighted by atomic mass is 10.1. The second kappa shape index (κ2) is 8.51. The maximum atomic E-state index is 13.1. The van der Waals surface area contributed by atoms with Crippen LogP contribution < -0.4 is 14.8 Å². The maximum Gasteiger partial charge on any atom is 0.344 e. The van der Waals surface area contributed by atoms with Crippen LogP contribution in [0.1, 0.15) is 35.0 Å². The average Bonchev–Trinajstić information content (AvgIpc) is 3.29. The van der Waals surface area contributed by atoms with E-state index in [9.17, 15) is 14.4 Å². The lowest BCUT2D eigenvalue weighted by Crippen LogP contribution is -2.43. The van der Waals surface area contributed by atoms with Gasteiger partial charge >= 0.3 is 5.97 Å². The third-order valence-electron chi connectivity index (χ3n) is 5.27. The summed E-state index contributed by atoms with van der Waals surface area (Å²) in [4.78, 5) is 39.7. The van der Waals surface area contributed by atoms with Gasteiger partial charge in [0.25, 0.3) is 0 Å². The molecular weight excluding hydrogens is 536 g/mol. The van der Waals surface area contributed by atoms with E-state index in [2.05, 4.69) is 37.2 Å². The minimum absolute atomic E-state index is 0.177. The molecule has 1 fully saturated rings. The third kappa shape index (κ3) is 3.78. The molecule has 4 rings (SSSR count).